The predicted octanol–water partition coefficient (Wildman–Crippen LogP) is 3.77. The number of benzene rings is 3. The monoisotopic (exact) mass is 553 g/mol. The molecule has 3 aromatic carbocycles. The minimum atomic E-state index is -4.41. The van der Waals surface area contributed by atoms with Crippen LogP contribution in [0.1, 0.15) is 38.3 Å². The molecule has 0 atom stereocenters. The number of carbonyl (C=O) groups is 2. The molecule has 0 spiro atoms. The van der Waals surface area contributed by atoms with Crippen LogP contribution in [-0.2, 0) is 16.7 Å². The molecule has 204 valence electrons. The standard InChI is InChI=1S/C28H27NO9S/c1-16-12-18(27(30)31)13-17(2)26(16)38-28(32)25-21-14-19(36-3)6-8-23(21)29(10-5-11-39(33,34)35)24-9-7-20(37-4)15-22(24)25/h6-9,12-15H,5,10-11H2,1-4H3,(H-,30,31,33,34,35). The lowest BCUT2D eigenvalue weighted by Crippen LogP contribution is -2.37. The number of pyridine rings is 1. The zero-order valence-electron chi connectivity index (χ0n) is 21.8. The van der Waals surface area contributed by atoms with Crippen molar-refractivity contribution in [2.75, 3.05) is 20.0 Å². The Kier molecular flexibility index (Phi) is 7.75. The maximum atomic E-state index is 13.9. The third kappa shape index (κ3) is 5.79. The van der Waals surface area contributed by atoms with Crippen molar-refractivity contribution in [3.05, 3.63) is 70.8 Å². The largest absolute Gasteiger partial charge is 0.748 e. The van der Waals surface area contributed by atoms with Gasteiger partial charge in [-0.2, -0.15) is 4.57 Å². The summed E-state index contributed by atoms with van der Waals surface area (Å²) in [6, 6.07) is 13.2. The number of fused-ring (bicyclic) bond motifs is 2. The van der Waals surface area contributed by atoms with Gasteiger partial charge in [-0.15, -0.1) is 0 Å². The van der Waals surface area contributed by atoms with E-state index in [1.807, 2.05) is 4.57 Å². The molecule has 0 radical (unpaired) electrons. The van der Waals surface area contributed by atoms with Gasteiger partial charge < -0.3 is 23.9 Å². The van der Waals surface area contributed by atoms with Gasteiger partial charge in [0.2, 0.25) is 11.0 Å². The molecule has 0 saturated carbocycles. The van der Waals surface area contributed by atoms with Crippen molar-refractivity contribution in [3.8, 4) is 17.2 Å². The molecule has 0 fully saturated rings. The Hall–Kier alpha value is -4.22. The lowest BCUT2D eigenvalue weighted by Gasteiger charge is -2.15. The van der Waals surface area contributed by atoms with E-state index in [2.05, 4.69) is 0 Å². The van der Waals surface area contributed by atoms with Gasteiger partial charge in [0.1, 0.15) is 17.2 Å². The molecule has 4 rings (SSSR count). The van der Waals surface area contributed by atoms with Crippen LogP contribution >= 0.6 is 0 Å². The number of rotatable bonds is 9. The number of methoxy groups -OCH3 is 2. The molecule has 0 aliphatic carbocycles. The molecule has 0 saturated heterocycles. The number of aromatic nitrogens is 1. The summed E-state index contributed by atoms with van der Waals surface area (Å²) in [5.41, 5.74) is 2.45. The number of ether oxygens (including phenoxy) is 3. The van der Waals surface area contributed by atoms with E-state index in [1.165, 1.54) is 26.4 Å². The van der Waals surface area contributed by atoms with Crippen LogP contribution in [0.15, 0.2) is 48.5 Å². The number of carboxylic acid groups (broad SMARTS) is 1. The lowest BCUT2D eigenvalue weighted by atomic mass is 10.0. The minimum Gasteiger partial charge on any atom is -0.748 e. The third-order valence-corrected chi connectivity index (χ3v) is 7.20. The van der Waals surface area contributed by atoms with Crippen LogP contribution in [-0.4, -0.2) is 50.0 Å². The molecule has 4 aromatic rings. The van der Waals surface area contributed by atoms with Crippen molar-refractivity contribution in [1.29, 1.82) is 0 Å². The molecule has 0 bridgehead atoms. The Bertz CT molecular complexity index is 1640. The van der Waals surface area contributed by atoms with Crippen LogP contribution in [0.3, 0.4) is 0 Å². The minimum absolute atomic E-state index is 0.0663. The van der Waals surface area contributed by atoms with Gasteiger partial charge in [0.15, 0.2) is 6.54 Å². The summed E-state index contributed by atoms with van der Waals surface area (Å²) in [6.07, 6.45) is 0.0663. The van der Waals surface area contributed by atoms with E-state index in [0.29, 0.717) is 44.4 Å². The van der Waals surface area contributed by atoms with Crippen LogP contribution in [0.5, 0.6) is 17.2 Å². The third-order valence-electron chi connectivity index (χ3n) is 6.41. The summed E-state index contributed by atoms with van der Waals surface area (Å²) in [7, 11) is -1.42. The fraction of sp³-hybridized carbons (Fsp3) is 0.250. The smallest absolute Gasteiger partial charge is 0.345 e. The fourth-order valence-electron chi connectivity index (χ4n) is 4.67. The van der Waals surface area contributed by atoms with Crippen molar-refractivity contribution >= 4 is 43.9 Å². The lowest BCUT2D eigenvalue weighted by molar-refractivity contribution is -0.645. The van der Waals surface area contributed by atoms with Crippen molar-refractivity contribution in [3.63, 3.8) is 0 Å². The second kappa shape index (κ2) is 10.9. The highest BCUT2D eigenvalue weighted by molar-refractivity contribution is 7.85. The van der Waals surface area contributed by atoms with Gasteiger partial charge in [-0.1, -0.05) is 0 Å². The predicted molar refractivity (Wildman–Crippen MR) is 142 cm³/mol. The van der Waals surface area contributed by atoms with E-state index >= 15 is 0 Å². The number of nitrogens with zero attached hydrogens (tertiary/aromatic N) is 1. The van der Waals surface area contributed by atoms with E-state index in [0.717, 1.165) is 0 Å². The van der Waals surface area contributed by atoms with Gasteiger partial charge in [-0.25, -0.2) is 18.0 Å². The fourth-order valence-corrected chi connectivity index (χ4v) is 5.15. The van der Waals surface area contributed by atoms with Crippen molar-refractivity contribution < 1.29 is 46.4 Å². The van der Waals surface area contributed by atoms with Gasteiger partial charge in [0.05, 0.1) is 46.2 Å². The van der Waals surface area contributed by atoms with Crippen LogP contribution in [0.25, 0.3) is 21.8 Å². The molecule has 10 nitrogen and oxygen atoms in total. The Labute approximate surface area is 225 Å². The highest BCUT2D eigenvalue weighted by Crippen LogP contribution is 2.33. The number of hydrogen-bond donors (Lipinski definition) is 1. The maximum Gasteiger partial charge on any atom is 0.345 e. The SMILES string of the molecule is COc1ccc2c(c1)c(C(=O)Oc1c(C)cc(C(=O)O)cc1C)c1cc(OC)ccc1[n+]2CCCS(=O)(=O)[O-]. The molecule has 0 unspecified atom stereocenters. The highest BCUT2D eigenvalue weighted by Gasteiger charge is 2.27. The normalized spacial score (nSPS) is 11.5. The molecule has 11 heteroatoms. The number of carbonyl (C=O) groups excluding carboxylic acids is 1. The highest BCUT2D eigenvalue weighted by atomic mass is 32.2. The second-order valence-corrected chi connectivity index (χ2v) is 10.6. The topological polar surface area (TPSA) is 143 Å². The number of aryl methyl sites for hydroxylation is 3. The molecule has 0 amide bonds. The quantitative estimate of drug-likeness (QED) is 0.108. The Morgan fingerprint density at radius 2 is 1.41 bits per heavy atom. The summed E-state index contributed by atoms with van der Waals surface area (Å²) < 4.78 is 52.3. The summed E-state index contributed by atoms with van der Waals surface area (Å²) in [4.78, 5) is 25.3. The van der Waals surface area contributed by atoms with Gasteiger partial charge in [-0.05, 0) is 61.4 Å². The Morgan fingerprint density at radius 1 is 0.897 bits per heavy atom. The molecule has 0 aliphatic heterocycles. The zero-order valence-corrected chi connectivity index (χ0v) is 22.6. The first-order valence-electron chi connectivity index (χ1n) is 11.9. The zero-order chi connectivity index (χ0) is 28.5. The molecule has 1 heterocycles. The van der Waals surface area contributed by atoms with Crippen molar-refractivity contribution in [2.45, 2.75) is 26.8 Å². The molecular formula is C28H27NO9S. The summed E-state index contributed by atoms with van der Waals surface area (Å²) in [5.74, 6) is -1.11. The van der Waals surface area contributed by atoms with Crippen LogP contribution in [0, 0.1) is 13.8 Å². The van der Waals surface area contributed by atoms with Gasteiger partial charge in [-0.3, -0.25) is 0 Å². The van der Waals surface area contributed by atoms with Crippen LogP contribution in [0.4, 0.5) is 0 Å². The Morgan fingerprint density at radius 3 is 1.85 bits per heavy atom. The molecule has 1 aromatic heterocycles. The van der Waals surface area contributed by atoms with E-state index in [-0.39, 0.29) is 29.8 Å². The first-order chi connectivity index (χ1) is 18.4. The average Bonchev–Trinajstić information content (AvgIpc) is 2.88. The van der Waals surface area contributed by atoms with Gasteiger partial charge in [0.25, 0.3) is 0 Å². The number of esters is 1. The van der Waals surface area contributed by atoms with Crippen LogP contribution in [0.2, 0.25) is 0 Å². The first kappa shape index (κ1) is 27.8. The van der Waals surface area contributed by atoms with E-state index in [1.54, 1.807) is 50.2 Å². The average molecular weight is 554 g/mol. The van der Waals surface area contributed by atoms with E-state index < -0.39 is 27.8 Å². The van der Waals surface area contributed by atoms with Crippen molar-refractivity contribution in [1.82, 2.24) is 0 Å². The molecule has 39 heavy (non-hydrogen) atoms. The number of hydrogen-bond acceptors (Lipinski definition) is 8. The second-order valence-electron chi connectivity index (χ2n) is 9.04. The van der Waals surface area contributed by atoms with E-state index in [9.17, 15) is 27.7 Å². The number of aromatic carboxylic acids is 1. The summed E-state index contributed by atoms with van der Waals surface area (Å²) in [6.45, 7) is 3.51. The van der Waals surface area contributed by atoms with E-state index in [4.69, 9.17) is 14.2 Å². The maximum absolute atomic E-state index is 13.9. The number of carboxylic acids is 1. The molecule has 1 N–H and O–H groups in total. The molecule has 0 aliphatic rings. The Balaban J connectivity index is 1.96. The molecular weight excluding hydrogens is 526 g/mol. The van der Waals surface area contributed by atoms with Crippen molar-refractivity contribution in [2.24, 2.45) is 0 Å². The summed E-state index contributed by atoms with van der Waals surface area (Å²) >= 11 is 0. The van der Waals surface area contributed by atoms with Gasteiger partial charge in [0, 0.05) is 24.3 Å². The van der Waals surface area contributed by atoms with Gasteiger partial charge >= 0.3 is 11.9 Å². The first-order valence-corrected chi connectivity index (χ1v) is 13.5. The summed E-state index contributed by atoms with van der Waals surface area (Å²) in [5, 5.41) is 10.3. The van der Waals surface area contributed by atoms with Crippen LogP contribution < -0.4 is 18.8 Å².